The van der Waals surface area contributed by atoms with Crippen molar-refractivity contribution >= 4 is 11.8 Å². The van der Waals surface area contributed by atoms with Gasteiger partial charge in [0.15, 0.2) is 0 Å². The van der Waals surface area contributed by atoms with Crippen LogP contribution < -0.4 is 10.1 Å². The Morgan fingerprint density at radius 1 is 1.38 bits per heavy atom. The van der Waals surface area contributed by atoms with Gasteiger partial charge in [-0.2, -0.15) is 11.8 Å². The predicted octanol–water partition coefficient (Wildman–Crippen LogP) is 2.93. The maximum absolute atomic E-state index is 5.33. The molecule has 0 aliphatic rings. The molecule has 1 aromatic rings. The second-order valence-electron chi connectivity index (χ2n) is 3.75. The van der Waals surface area contributed by atoms with Crippen LogP contribution in [0.15, 0.2) is 24.3 Å². The lowest BCUT2D eigenvalue weighted by Gasteiger charge is -2.16. The SMILES string of the molecule is CCC(CSC)NCc1ccccc1OC. The molecule has 1 aromatic carbocycles. The summed E-state index contributed by atoms with van der Waals surface area (Å²) in [4.78, 5) is 0. The Morgan fingerprint density at radius 3 is 2.75 bits per heavy atom. The quantitative estimate of drug-likeness (QED) is 0.790. The number of thioether (sulfide) groups is 1. The normalized spacial score (nSPS) is 12.4. The highest BCUT2D eigenvalue weighted by molar-refractivity contribution is 7.98. The fourth-order valence-corrected chi connectivity index (χ4v) is 2.38. The summed E-state index contributed by atoms with van der Waals surface area (Å²) >= 11 is 1.89. The summed E-state index contributed by atoms with van der Waals surface area (Å²) in [5.74, 6) is 2.13. The minimum absolute atomic E-state index is 0.583. The molecule has 1 rings (SSSR count). The monoisotopic (exact) mass is 239 g/mol. The van der Waals surface area contributed by atoms with Gasteiger partial charge in [0.1, 0.15) is 5.75 Å². The van der Waals surface area contributed by atoms with E-state index in [2.05, 4.69) is 30.6 Å². The highest BCUT2D eigenvalue weighted by Crippen LogP contribution is 2.17. The third kappa shape index (κ3) is 4.06. The second kappa shape index (κ2) is 7.58. The molecular weight excluding hydrogens is 218 g/mol. The molecule has 0 aliphatic heterocycles. The Hall–Kier alpha value is -0.670. The summed E-state index contributed by atoms with van der Waals surface area (Å²) in [6, 6.07) is 8.75. The zero-order chi connectivity index (χ0) is 11.8. The van der Waals surface area contributed by atoms with Crippen molar-refractivity contribution in [1.29, 1.82) is 0 Å². The van der Waals surface area contributed by atoms with Crippen LogP contribution in [0.4, 0.5) is 0 Å². The minimum atomic E-state index is 0.583. The van der Waals surface area contributed by atoms with Gasteiger partial charge < -0.3 is 10.1 Å². The van der Waals surface area contributed by atoms with Gasteiger partial charge in [-0.15, -0.1) is 0 Å². The van der Waals surface area contributed by atoms with Gasteiger partial charge in [-0.1, -0.05) is 25.1 Å². The topological polar surface area (TPSA) is 21.3 Å². The van der Waals surface area contributed by atoms with Crippen LogP contribution in [0.25, 0.3) is 0 Å². The number of nitrogens with one attached hydrogen (secondary N) is 1. The predicted molar refractivity (Wildman–Crippen MR) is 72.3 cm³/mol. The molecule has 1 atom stereocenters. The molecule has 0 aromatic heterocycles. The Labute approximate surface area is 103 Å². The van der Waals surface area contributed by atoms with Crippen LogP contribution in [0.5, 0.6) is 5.75 Å². The Bertz CT molecular complexity index is 304. The zero-order valence-corrected chi connectivity index (χ0v) is 11.1. The Morgan fingerprint density at radius 2 is 2.12 bits per heavy atom. The van der Waals surface area contributed by atoms with Gasteiger partial charge in [-0.3, -0.25) is 0 Å². The van der Waals surface area contributed by atoms with Gasteiger partial charge in [-0.25, -0.2) is 0 Å². The van der Waals surface area contributed by atoms with Crippen LogP contribution in [0, 0.1) is 0 Å². The van der Waals surface area contributed by atoms with E-state index in [0.29, 0.717) is 6.04 Å². The largest absolute Gasteiger partial charge is 0.496 e. The Balaban J connectivity index is 2.52. The average Bonchev–Trinajstić information content (AvgIpc) is 2.34. The van der Waals surface area contributed by atoms with Crippen LogP contribution in [0.3, 0.4) is 0 Å². The van der Waals surface area contributed by atoms with Gasteiger partial charge in [0.2, 0.25) is 0 Å². The van der Waals surface area contributed by atoms with E-state index in [0.717, 1.165) is 24.5 Å². The molecule has 16 heavy (non-hydrogen) atoms. The number of benzene rings is 1. The van der Waals surface area contributed by atoms with E-state index >= 15 is 0 Å². The average molecular weight is 239 g/mol. The number of hydrogen-bond donors (Lipinski definition) is 1. The standard InChI is InChI=1S/C13H21NOS/c1-4-12(10-16-3)14-9-11-7-5-6-8-13(11)15-2/h5-8,12,14H,4,9-10H2,1-3H3. The molecule has 0 saturated carbocycles. The van der Waals surface area contributed by atoms with Crippen LogP contribution in [0.1, 0.15) is 18.9 Å². The molecule has 0 radical (unpaired) electrons. The van der Waals surface area contributed by atoms with E-state index in [1.165, 1.54) is 5.56 Å². The van der Waals surface area contributed by atoms with Crippen molar-refractivity contribution in [3.63, 3.8) is 0 Å². The van der Waals surface area contributed by atoms with Gasteiger partial charge in [-0.05, 0) is 18.7 Å². The molecule has 0 bridgehead atoms. The summed E-state index contributed by atoms with van der Waals surface area (Å²) in [7, 11) is 1.72. The number of hydrogen-bond acceptors (Lipinski definition) is 3. The molecule has 0 spiro atoms. The van der Waals surface area contributed by atoms with Crippen molar-refractivity contribution in [1.82, 2.24) is 5.32 Å². The first-order chi connectivity index (χ1) is 7.81. The fraction of sp³-hybridized carbons (Fsp3) is 0.538. The highest BCUT2D eigenvalue weighted by atomic mass is 32.2. The first-order valence-electron chi connectivity index (χ1n) is 5.66. The molecule has 0 saturated heterocycles. The molecule has 1 unspecified atom stereocenters. The van der Waals surface area contributed by atoms with Crippen LogP contribution >= 0.6 is 11.8 Å². The smallest absolute Gasteiger partial charge is 0.123 e. The number of rotatable bonds is 7. The lowest BCUT2D eigenvalue weighted by atomic mass is 10.2. The molecule has 90 valence electrons. The van der Waals surface area contributed by atoms with Crippen LogP contribution in [-0.4, -0.2) is 25.2 Å². The number of ether oxygens (including phenoxy) is 1. The number of para-hydroxylation sites is 1. The number of methoxy groups -OCH3 is 1. The summed E-state index contributed by atoms with van der Waals surface area (Å²) in [6.07, 6.45) is 3.31. The molecular formula is C13H21NOS. The van der Waals surface area contributed by atoms with Gasteiger partial charge in [0.25, 0.3) is 0 Å². The van der Waals surface area contributed by atoms with E-state index in [9.17, 15) is 0 Å². The maximum atomic E-state index is 5.33. The van der Waals surface area contributed by atoms with Gasteiger partial charge >= 0.3 is 0 Å². The maximum Gasteiger partial charge on any atom is 0.123 e. The van der Waals surface area contributed by atoms with Crippen LogP contribution in [0.2, 0.25) is 0 Å². The molecule has 0 aliphatic carbocycles. The first kappa shape index (κ1) is 13.4. The second-order valence-corrected chi connectivity index (χ2v) is 4.66. The molecule has 0 fully saturated rings. The van der Waals surface area contributed by atoms with E-state index in [4.69, 9.17) is 4.74 Å². The van der Waals surface area contributed by atoms with Crippen molar-refractivity contribution in [2.75, 3.05) is 19.1 Å². The summed E-state index contributed by atoms with van der Waals surface area (Å²) < 4.78 is 5.33. The van der Waals surface area contributed by atoms with Gasteiger partial charge in [0, 0.05) is 23.9 Å². The molecule has 0 heterocycles. The van der Waals surface area contributed by atoms with Crippen molar-refractivity contribution in [3.05, 3.63) is 29.8 Å². The van der Waals surface area contributed by atoms with Crippen molar-refractivity contribution in [2.24, 2.45) is 0 Å². The van der Waals surface area contributed by atoms with Crippen LogP contribution in [-0.2, 0) is 6.54 Å². The summed E-state index contributed by atoms with van der Waals surface area (Å²) in [5, 5.41) is 3.56. The lowest BCUT2D eigenvalue weighted by molar-refractivity contribution is 0.405. The minimum Gasteiger partial charge on any atom is -0.496 e. The van der Waals surface area contributed by atoms with E-state index in [1.54, 1.807) is 7.11 Å². The van der Waals surface area contributed by atoms with Crippen molar-refractivity contribution in [3.8, 4) is 5.75 Å². The fourth-order valence-electron chi connectivity index (χ4n) is 1.63. The zero-order valence-electron chi connectivity index (χ0n) is 10.3. The highest BCUT2D eigenvalue weighted by Gasteiger charge is 2.06. The summed E-state index contributed by atoms with van der Waals surface area (Å²) in [6.45, 7) is 3.10. The van der Waals surface area contributed by atoms with Gasteiger partial charge in [0.05, 0.1) is 7.11 Å². The lowest BCUT2D eigenvalue weighted by Crippen LogP contribution is -2.30. The molecule has 0 amide bonds. The molecule has 1 N–H and O–H groups in total. The molecule has 3 heteroatoms. The third-order valence-corrected chi connectivity index (χ3v) is 3.37. The first-order valence-corrected chi connectivity index (χ1v) is 7.05. The van der Waals surface area contributed by atoms with E-state index < -0.39 is 0 Å². The van der Waals surface area contributed by atoms with E-state index in [-0.39, 0.29) is 0 Å². The van der Waals surface area contributed by atoms with Crippen molar-refractivity contribution < 1.29 is 4.74 Å². The molecule has 2 nitrogen and oxygen atoms in total. The third-order valence-electron chi connectivity index (χ3n) is 2.63. The van der Waals surface area contributed by atoms with Crippen molar-refractivity contribution in [2.45, 2.75) is 25.9 Å². The Kier molecular flexibility index (Phi) is 6.34. The van der Waals surface area contributed by atoms with E-state index in [1.807, 2.05) is 23.9 Å². The summed E-state index contributed by atoms with van der Waals surface area (Å²) in [5.41, 5.74) is 1.23.